The predicted octanol–water partition coefficient (Wildman–Crippen LogP) is 0.420. The molecule has 0 fully saturated rings. The van der Waals surface area contributed by atoms with Gasteiger partial charge in [0.1, 0.15) is 11.8 Å². The summed E-state index contributed by atoms with van der Waals surface area (Å²) in [4.78, 5) is 15.3. The third-order valence-corrected chi connectivity index (χ3v) is 1.09. The molecule has 0 N–H and O–H groups in total. The predicted molar refractivity (Wildman–Crippen MR) is 35.1 cm³/mol. The van der Waals surface area contributed by atoms with E-state index in [2.05, 4.69) is 19.9 Å². The third kappa shape index (κ3) is 0.699. The van der Waals surface area contributed by atoms with E-state index in [4.69, 9.17) is 1.37 Å². The van der Waals surface area contributed by atoms with Crippen molar-refractivity contribution in [2.45, 2.75) is 0 Å². The summed E-state index contributed by atoms with van der Waals surface area (Å²) in [5, 5.41) is 0. The molecule has 0 spiro atoms. The number of aromatic nitrogens is 4. The van der Waals surface area contributed by atoms with Crippen LogP contribution in [0, 0.1) is 0 Å². The highest BCUT2D eigenvalue weighted by molar-refractivity contribution is 5.66. The molecule has 0 saturated carbocycles. The molecule has 2 rings (SSSR count). The minimum absolute atomic E-state index is 0.114. The van der Waals surface area contributed by atoms with E-state index in [0.717, 1.165) is 0 Å². The molecule has 0 saturated heterocycles. The van der Waals surface area contributed by atoms with Gasteiger partial charge < -0.3 is 0 Å². The van der Waals surface area contributed by atoms with Gasteiger partial charge in [0.15, 0.2) is 5.65 Å². The Balaban J connectivity index is 2.91. The van der Waals surface area contributed by atoms with Crippen molar-refractivity contribution in [2.24, 2.45) is 0 Å². The van der Waals surface area contributed by atoms with Gasteiger partial charge in [-0.1, -0.05) is 0 Å². The standard InChI is InChI=1S/C6H4N4/c1-2-9-6-5(8-1)3-7-4-10-6/h1-4H/i3D. The van der Waals surface area contributed by atoms with Crippen molar-refractivity contribution in [1.29, 1.82) is 0 Å². The van der Waals surface area contributed by atoms with Gasteiger partial charge in [-0.25, -0.2) is 19.9 Å². The maximum Gasteiger partial charge on any atom is 0.181 e. The molecular formula is C6H4N4. The van der Waals surface area contributed by atoms with Crippen LogP contribution in [-0.4, -0.2) is 19.9 Å². The molecule has 0 unspecified atom stereocenters. The van der Waals surface area contributed by atoms with Gasteiger partial charge in [-0.15, -0.1) is 0 Å². The van der Waals surface area contributed by atoms with Crippen molar-refractivity contribution in [1.82, 2.24) is 19.9 Å². The molecule has 2 aromatic heterocycles. The van der Waals surface area contributed by atoms with E-state index in [-0.39, 0.29) is 6.17 Å². The molecule has 0 aromatic carbocycles. The van der Waals surface area contributed by atoms with E-state index in [1.54, 1.807) is 0 Å². The smallest absolute Gasteiger partial charge is 0.181 e. The van der Waals surface area contributed by atoms with Gasteiger partial charge in [0.25, 0.3) is 0 Å². The van der Waals surface area contributed by atoms with E-state index in [1.165, 1.54) is 18.7 Å². The third-order valence-electron chi connectivity index (χ3n) is 1.09. The Hall–Kier alpha value is -1.58. The lowest BCUT2D eigenvalue weighted by molar-refractivity contribution is 1.15. The van der Waals surface area contributed by atoms with E-state index in [0.29, 0.717) is 11.2 Å². The van der Waals surface area contributed by atoms with Crippen molar-refractivity contribution in [3.05, 3.63) is 24.9 Å². The van der Waals surface area contributed by atoms with Crippen LogP contribution >= 0.6 is 0 Å². The zero-order chi connectivity index (χ0) is 7.68. The summed E-state index contributed by atoms with van der Waals surface area (Å²) < 4.78 is 7.31. The molecular weight excluding hydrogens is 128 g/mol. The molecule has 4 heteroatoms. The summed E-state index contributed by atoms with van der Waals surface area (Å²) in [6.07, 6.45) is 4.47. The lowest BCUT2D eigenvalue weighted by atomic mass is 10.5. The first kappa shape index (κ1) is 4.27. The van der Waals surface area contributed by atoms with Crippen LogP contribution in [0.3, 0.4) is 0 Å². The molecule has 2 aromatic rings. The highest BCUT2D eigenvalue weighted by Crippen LogP contribution is 1.98. The van der Waals surface area contributed by atoms with Crippen LogP contribution in [0.5, 0.6) is 0 Å². The van der Waals surface area contributed by atoms with Crippen molar-refractivity contribution in [3.8, 4) is 0 Å². The van der Waals surface area contributed by atoms with Crippen LogP contribution < -0.4 is 0 Å². The Labute approximate surface area is 58.4 Å². The van der Waals surface area contributed by atoms with Gasteiger partial charge in [-0.3, -0.25) is 0 Å². The van der Waals surface area contributed by atoms with E-state index in [1.807, 2.05) is 0 Å². The molecule has 0 radical (unpaired) electrons. The van der Waals surface area contributed by atoms with Gasteiger partial charge in [0, 0.05) is 12.4 Å². The maximum absolute atomic E-state index is 7.31. The molecule has 0 aliphatic heterocycles. The van der Waals surface area contributed by atoms with Crippen molar-refractivity contribution >= 4 is 11.2 Å². The fourth-order valence-electron chi connectivity index (χ4n) is 0.678. The van der Waals surface area contributed by atoms with Crippen LogP contribution in [0.2, 0.25) is 0 Å². The van der Waals surface area contributed by atoms with Gasteiger partial charge in [-0.05, 0) is 0 Å². The summed E-state index contributed by atoms with van der Waals surface area (Å²) in [6.45, 7) is 0. The quantitative estimate of drug-likeness (QED) is 0.522. The second-order valence-corrected chi connectivity index (χ2v) is 1.71. The Morgan fingerprint density at radius 1 is 1.20 bits per heavy atom. The van der Waals surface area contributed by atoms with E-state index >= 15 is 0 Å². The molecule has 48 valence electrons. The van der Waals surface area contributed by atoms with Gasteiger partial charge in [-0.2, -0.15) is 0 Å². The van der Waals surface area contributed by atoms with Crippen molar-refractivity contribution in [3.63, 3.8) is 0 Å². The van der Waals surface area contributed by atoms with Crippen LogP contribution in [0.4, 0.5) is 0 Å². The fraction of sp³-hybridized carbons (Fsp3) is 0. The topological polar surface area (TPSA) is 51.6 Å². The summed E-state index contributed by atoms with van der Waals surface area (Å²) in [6, 6.07) is 0. The highest BCUT2D eigenvalue weighted by atomic mass is 14.9. The van der Waals surface area contributed by atoms with Gasteiger partial charge >= 0.3 is 0 Å². The second kappa shape index (κ2) is 1.98. The minimum atomic E-state index is 0.114. The van der Waals surface area contributed by atoms with Crippen LogP contribution in [-0.2, 0) is 0 Å². The van der Waals surface area contributed by atoms with Crippen LogP contribution in [0.15, 0.2) is 24.9 Å². The average Bonchev–Trinajstić information content (AvgIpc) is 2.06. The van der Waals surface area contributed by atoms with E-state index in [9.17, 15) is 0 Å². The van der Waals surface area contributed by atoms with Gasteiger partial charge in [0.2, 0.25) is 0 Å². The zero-order valence-electron chi connectivity index (χ0n) is 6.02. The number of hydrogen-bond donors (Lipinski definition) is 0. The maximum atomic E-state index is 7.31. The summed E-state index contributed by atoms with van der Waals surface area (Å²) in [5.41, 5.74) is 0.905. The monoisotopic (exact) mass is 133 g/mol. The molecule has 0 amide bonds. The molecule has 0 aliphatic rings. The Morgan fingerprint density at radius 2 is 2.10 bits per heavy atom. The van der Waals surface area contributed by atoms with Crippen LogP contribution in [0.1, 0.15) is 1.37 Å². The largest absolute Gasteiger partial charge is 0.250 e. The highest BCUT2D eigenvalue weighted by Gasteiger charge is 1.90. The first-order valence-corrected chi connectivity index (χ1v) is 2.76. The molecule has 10 heavy (non-hydrogen) atoms. The molecule has 2 heterocycles. The zero-order valence-corrected chi connectivity index (χ0v) is 5.02. The first-order chi connectivity index (χ1) is 5.38. The van der Waals surface area contributed by atoms with Gasteiger partial charge in [0.05, 0.1) is 7.54 Å². The first-order valence-electron chi connectivity index (χ1n) is 3.26. The number of fused-ring (bicyclic) bond motifs is 1. The molecule has 0 bridgehead atoms. The minimum Gasteiger partial charge on any atom is -0.250 e. The normalized spacial score (nSPS) is 11.4. The Morgan fingerprint density at radius 3 is 3.00 bits per heavy atom. The lowest BCUT2D eigenvalue weighted by Gasteiger charge is -1.89. The summed E-state index contributed by atoms with van der Waals surface area (Å²) >= 11 is 0. The Bertz CT molecular complexity index is 384. The number of hydrogen-bond acceptors (Lipinski definition) is 4. The van der Waals surface area contributed by atoms with E-state index < -0.39 is 0 Å². The number of nitrogens with zero attached hydrogens (tertiary/aromatic N) is 4. The fourth-order valence-corrected chi connectivity index (χ4v) is 0.678. The number of rotatable bonds is 0. The van der Waals surface area contributed by atoms with Crippen molar-refractivity contribution in [2.75, 3.05) is 0 Å². The summed E-state index contributed by atoms with van der Waals surface area (Å²) in [7, 11) is 0. The summed E-state index contributed by atoms with van der Waals surface area (Å²) in [5.74, 6) is 0. The lowest BCUT2D eigenvalue weighted by Crippen LogP contribution is -1.85. The SMILES string of the molecule is [2H]c1ncnc2nccnc12. The van der Waals surface area contributed by atoms with Crippen molar-refractivity contribution < 1.29 is 1.37 Å². The Kier molecular flexibility index (Phi) is 0.846. The molecule has 4 nitrogen and oxygen atoms in total. The molecule has 0 aliphatic carbocycles. The second-order valence-electron chi connectivity index (χ2n) is 1.71. The average molecular weight is 133 g/mol. The van der Waals surface area contributed by atoms with Crippen LogP contribution in [0.25, 0.3) is 11.2 Å². The molecule has 0 atom stereocenters.